The Morgan fingerprint density at radius 3 is 1.93 bits per heavy atom. The fourth-order valence-electron chi connectivity index (χ4n) is 3.83. The van der Waals surface area contributed by atoms with Crippen molar-refractivity contribution in [2.24, 2.45) is 0 Å². The van der Waals surface area contributed by atoms with Gasteiger partial charge in [0, 0.05) is 6.42 Å². The first-order chi connectivity index (χ1) is 14.0. The molecule has 0 saturated heterocycles. The lowest BCUT2D eigenvalue weighted by Crippen LogP contribution is -2.11. The molecule has 0 N–H and O–H groups in total. The number of alkyl halides is 6. The first-order valence-electron chi connectivity index (χ1n) is 10.1. The molecule has 0 unspecified atom stereocenters. The molecule has 0 nitrogen and oxygen atoms in total. The van der Waals surface area contributed by atoms with Crippen LogP contribution in [0, 0.1) is 6.42 Å². The molecular formula is C24H23F6. The molecule has 2 aromatic carbocycles. The van der Waals surface area contributed by atoms with Crippen LogP contribution in [0.1, 0.15) is 67.3 Å². The molecule has 0 heterocycles. The lowest BCUT2D eigenvalue weighted by molar-refractivity contribution is -0.143. The van der Waals surface area contributed by atoms with Gasteiger partial charge in [0.2, 0.25) is 0 Å². The van der Waals surface area contributed by atoms with E-state index < -0.39 is 23.5 Å². The van der Waals surface area contributed by atoms with E-state index in [-0.39, 0.29) is 11.6 Å². The van der Waals surface area contributed by atoms with Gasteiger partial charge in [0.25, 0.3) is 0 Å². The minimum Gasteiger partial charge on any atom is -0.166 e. The third-order valence-electron chi connectivity index (χ3n) is 5.25. The molecule has 1 radical (unpaired) electrons. The normalized spacial score (nSPS) is 14.1. The Balaban J connectivity index is 2.24. The summed E-state index contributed by atoms with van der Waals surface area (Å²) in [4.78, 5) is 0. The number of halogens is 6. The van der Waals surface area contributed by atoms with Gasteiger partial charge in [0.05, 0.1) is 11.1 Å². The maximum absolute atomic E-state index is 13.4. The molecule has 3 rings (SSSR count). The van der Waals surface area contributed by atoms with Crippen molar-refractivity contribution in [2.45, 2.75) is 58.3 Å². The summed E-state index contributed by atoms with van der Waals surface area (Å²) < 4.78 is 80.3. The van der Waals surface area contributed by atoms with Gasteiger partial charge in [0.15, 0.2) is 0 Å². The molecule has 161 valence electrons. The predicted molar refractivity (Wildman–Crippen MR) is 107 cm³/mol. The number of benzene rings is 2. The van der Waals surface area contributed by atoms with E-state index >= 15 is 0 Å². The van der Waals surface area contributed by atoms with Gasteiger partial charge >= 0.3 is 12.4 Å². The van der Waals surface area contributed by atoms with Crippen LogP contribution >= 0.6 is 0 Å². The van der Waals surface area contributed by atoms with Gasteiger partial charge in [-0.25, -0.2) is 0 Å². The lowest BCUT2D eigenvalue weighted by Gasteiger charge is -2.18. The van der Waals surface area contributed by atoms with Crippen molar-refractivity contribution in [3.63, 3.8) is 0 Å². The van der Waals surface area contributed by atoms with E-state index in [1.807, 2.05) is 31.6 Å². The van der Waals surface area contributed by atoms with Crippen molar-refractivity contribution in [3.05, 3.63) is 70.1 Å². The van der Waals surface area contributed by atoms with Gasteiger partial charge < -0.3 is 0 Å². The molecule has 0 saturated carbocycles. The maximum atomic E-state index is 13.4. The number of unbranched alkanes of at least 4 members (excludes halogenated alkanes) is 1. The zero-order valence-corrected chi connectivity index (χ0v) is 16.8. The van der Waals surface area contributed by atoms with E-state index in [0.717, 1.165) is 54.5 Å². The summed E-state index contributed by atoms with van der Waals surface area (Å²) in [5.74, 6) is 0. The number of hydrogen-bond donors (Lipinski definition) is 0. The molecule has 30 heavy (non-hydrogen) atoms. The van der Waals surface area contributed by atoms with Crippen LogP contribution in [0.5, 0.6) is 0 Å². The van der Waals surface area contributed by atoms with E-state index in [9.17, 15) is 26.3 Å². The number of hydrogen-bond acceptors (Lipinski definition) is 0. The molecular weight excluding hydrogens is 402 g/mol. The summed E-state index contributed by atoms with van der Waals surface area (Å²) in [6.45, 7) is 3.99. The first-order valence-corrected chi connectivity index (χ1v) is 10.1. The Bertz CT molecular complexity index is 915. The van der Waals surface area contributed by atoms with Crippen LogP contribution in [0.3, 0.4) is 0 Å². The van der Waals surface area contributed by atoms with Gasteiger partial charge in [-0.15, -0.1) is 0 Å². The molecule has 0 bridgehead atoms. The predicted octanol–water partition coefficient (Wildman–Crippen LogP) is 8.48. The minimum atomic E-state index is -4.87. The standard InChI is InChI=1S/C24H23F6/c1-3-5-7-15-10-17-9-8-16(6-4-2)22(21(17)11-15)18-12-19(23(25,26)27)14-20(13-18)24(28,29)30/h8-14H,3-7H2,1-2H3. The van der Waals surface area contributed by atoms with Crippen LogP contribution in [0.15, 0.2) is 35.9 Å². The second-order valence-corrected chi connectivity index (χ2v) is 7.61. The topological polar surface area (TPSA) is 0 Å². The smallest absolute Gasteiger partial charge is 0.166 e. The second kappa shape index (κ2) is 8.48. The van der Waals surface area contributed by atoms with E-state index in [1.165, 1.54) is 0 Å². The van der Waals surface area contributed by atoms with E-state index in [4.69, 9.17) is 0 Å². The minimum absolute atomic E-state index is 0.0427. The highest BCUT2D eigenvalue weighted by Gasteiger charge is 2.37. The van der Waals surface area contributed by atoms with Crippen LogP contribution in [0.4, 0.5) is 26.3 Å². The summed E-state index contributed by atoms with van der Waals surface area (Å²) >= 11 is 0. The van der Waals surface area contributed by atoms with Crippen LogP contribution in [-0.2, 0) is 18.8 Å². The molecule has 0 atom stereocenters. The van der Waals surface area contributed by atoms with Gasteiger partial charge in [-0.3, -0.25) is 0 Å². The van der Waals surface area contributed by atoms with Crippen molar-refractivity contribution >= 4 is 6.08 Å². The molecule has 2 aromatic rings. The second-order valence-electron chi connectivity index (χ2n) is 7.61. The van der Waals surface area contributed by atoms with Crippen LogP contribution in [0.2, 0.25) is 0 Å². The molecule has 0 amide bonds. The maximum Gasteiger partial charge on any atom is 0.416 e. The van der Waals surface area contributed by atoms with E-state index in [1.54, 1.807) is 0 Å². The SMILES string of the molecule is CCCCC1=Cc2c(ccc(CCC)c2-c2cc(C(F)(F)F)cc(C(F)(F)F)c2)[CH]1. The van der Waals surface area contributed by atoms with Crippen LogP contribution in [-0.4, -0.2) is 0 Å². The van der Waals surface area contributed by atoms with Gasteiger partial charge in [-0.1, -0.05) is 50.5 Å². The van der Waals surface area contributed by atoms with E-state index in [0.29, 0.717) is 17.5 Å². The largest absolute Gasteiger partial charge is 0.416 e. The highest BCUT2D eigenvalue weighted by molar-refractivity contribution is 5.85. The fraction of sp³-hybridized carbons (Fsp3) is 0.375. The van der Waals surface area contributed by atoms with Crippen molar-refractivity contribution in [1.29, 1.82) is 0 Å². The zero-order valence-electron chi connectivity index (χ0n) is 16.8. The summed E-state index contributed by atoms with van der Waals surface area (Å²) in [5.41, 5.74) is 1.19. The molecule has 1 aliphatic rings. The summed E-state index contributed by atoms with van der Waals surface area (Å²) in [6, 6.07) is 5.57. The Hall–Kier alpha value is -2.24. The third kappa shape index (κ3) is 4.73. The lowest BCUT2D eigenvalue weighted by atomic mass is 9.88. The highest BCUT2D eigenvalue weighted by Crippen LogP contribution is 2.43. The average molecular weight is 425 g/mol. The molecule has 1 aliphatic carbocycles. The first kappa shape index (κ1) is 22.4. The summed E-state index contributed by atoms with van der Waals surface area (Å²) in [5, 5.41) is 0. The van der Waals surface area contributed by atoms with Gasteiger partial charge in [-0.05, 0) is 65.3 Å². The number of allylic oxidation sites excluding steroid dienone is 1. The zero-order chi connectivity index (χ0) is 22.1. The molecule has 0 aliphatic heterocycles. The van der Waals surface area contributed by atoms with Crippen LogP contribution in [0.25, 0.3) is 17.2 Å². The van der Waals surface area contributed by atoms with Crippen molar-refractivity contribution in [1.82, 2.24) is 0 Å². The number of rotatable bonds is 6. The Kier molecular flexibility index (Phi) is 6.34. The summed E-state index contributed by atoms with van der Waals surface area (Å²) in [6.07, 6.45) is -1.77. The summed E-state index contributed by atoms with van der Waals surface area (Å²) in [7, 11) is 0. The quantitative estimate of drug-likeness (QED) is 0.407. The number of aryl methyl sites for hydroxylation is 1. The number of fused-ring (bicyclic) bond motifs is 1. The van der Waals surface area contributed by atoms with Crippen molar-refractivity contribution in [3.8, 4) is 11.1 Å². The highest BCUT2D eigenvalue weighted by atomic mass is 19.4. The van der Waals surface area contributed by atoms with Crippen LogP contribution < -0.4 is 0 Å². The van der Waals surface area contributed by atoms with E-state index in [2.05, 4.69) is 6.92 Å². The molecule has 0 spiro atoms. The monoisotopic (exact) mass is 425 g/mol. The Morgan fingerprint density at radius 1 is 0.767 bits per heavy atom. The molecule has 6 heteroatoms. The van der Waals surface area contributed by atoms with Gasteiger partial charge in [-0.2, -0.15) is 26.3 Å². The average Bonchev–Trinajstić information content (AvgIpc) is 3.07. The van der Waals surface area contributed by atoms with Crippen molar-refractivity contribution < 1.29 is 26.3 Å². The van der Waals surface area contributed by atoms with Gasteiger partial charge in [0.1, 0.15) is 0 Å². The molecule has 0 aromatic heterocycles. The third-order valence-corrected chi connectivity index (χ3v) is 5.25. The fourth-order valence-corrected chi connectivity index (χ4v) is 3.83. The molecule has 0 fully saturated rings. The Labute approximate surface area is 172 Å². The van der Waals surface area contributed by atoms with Crippen molar-refractivity contribution in [2.75, 3.05) is 0 Å². The Morgan fingerprint density at radius 2 is 1.40 bits per heavy atom.